The van der Waals surface area contributed by atoms with Gasteiger partial charge in [-0.1, -0.05) is 30.7 Å². The monoisotopic (exact) mass is 246 g/mol. The highest BCUT2D eigenvalue weighted by atomic mass is 15.1. The van der Waals surface area contributed by atoms with Gasteiger partial charge in [0.15, 0.2) is 0 Å². The van der Waals surface area contributed by atoms with Gasteiger partial charge in [0.05, 0.1) is 0 Å². The van der Waals surface area contributed by atoms with Crippen LogP contribution in [0, 0.1) is 25.7 Å². The topological polar surface area (TPSA) is 29.3 Å². The highest BCUT2D eigenvalue weighted by Gasteiger charge is 2.34. The summed E-state index contributed by atoms with van der Waals surface area (Å²) in [6.45, 7) is 8.55. The van der Waals surface area contributed by atoms with E-state index in [1.54, 1.807) is 0 Å². The van der Waals surface area contributed by atoms with E-state index in [9.17, 15) is 0 Å². The molecule has 0 spiro atoms. The number of aryl methyl sites for hydroxylation is 2. The van der Waals surface area contributed by atoms with Crippen LogP contribution in [0.2, 0.25) is 0 Å². The summed E-state index contributed by atoms with van der Waals surface area (Å²) in [5.41, 5.74) is 10.1. The maximum atomic E-state index is 6.01. The maximum Gasteiger partial charge on any atom is 0.0470 e. The second-order valence-corrected chi connectivity index (χ2v) is 6.02. The fourth-order valence-corrected chi connectivity index (χ4v) is 2.81. The zero-order valence-electron chi connectivity index (χ0n) is 12.1. The number of hydrogen-bond donors (Lipinski definition) is 1. The summed E-state index contributed by atoms with van der Waals surface area (Å²) in [4.78, 5) is 2.44. The molecule has 3 unspecified atom stereocenters. The lowest BCUT2D eigenvalue weighted by Crippen LogP contribution is -2.32. The SMILES string of the molecule is Cc1ccc(C)c(C(CN)N(C)CC2CC2C)c1. The average Bonchev–Trinajstić information content (AvgIpc) is 3.00. The Morgan fingerprint density at radius 3 is 2.61 bits per heavy atom. The molecule has 1 aromatic rings. The van der Waals surface area contributed by atoms with Crippen molar-refractivity contribution < 1.29 is 0 Å². The number of rotatable bonds is 5. The lowest BCUT2D eigenvalue weighted by molar-refractivity contribution is 0.236. The molecule has 1 aliphatic carbocycles. The van der Waals surface area contributed by atoms with E-state index in [4.69, 9.17) is 5.73 Å². The fraction of sp³-hybridized carbons (Fsp3) is 0.625. The summed E-state index contributed by atoms with van der Waals surface area (Å²) in [5.74, 6) is 1.79. The Labute approximate surface area is 111 Å². The van der Waals surface area contributed by atoms with Crippen LogP contribution in [0.15, 0.2) is 18.2 Å². The zero-order valence-corrected chi connectivity index (χ0v) is 12.1. The first kappa shape index (κ1) is 13.6. The minimum atomic E-state index is 0.359. The minimum absolute atomic E-state index is 0.359. The number of nitrogens with zero attached hydrogens (tertiary/aromatic N) is 1. The van der Waals surface area contributed by atoms with Gasteiger partial charge in [0.25, 0.3) is 0 Å². The molecule has 1 aromatic carbocycles. The van der Waals surface area contributed by atoms with E-state index in [1.807, 2.05) is 0 Å². The Morgan fingerprint density at radius 2 is 2.06 bits per heavy atom. The van der Waals surface area contributed by atoms with Gasteiger partial charge >= 0.3 is 0 Å². The lowest BCUT2D eigenvalue weighted by Gasteiger charge is -2.29. The second kappa shape index (κ2) is 5.41. The Balaban J connectivity index is 2.13. The molecule has 1 saturated carbocycles. The minimum Gasteiger partial charge on any atom is -0.329 e. The Kier molecular flexibility index (Phi) is 4.08. The van der Waals surface area contributed by atoms with Gasteiger partial charge in [-0.05, 0) is 50.3 Å². The molecule has 100 valence electrons. The van der Waals surface area contributed by atoms with Crippen molar-refractivity contribution in [1.82, 2.24) is 4.90 Å². The molecule has 0 bridgehead atoms. The summed E-state index contributed by atoms with van der Waals surface area (Å²) in [6.07, 6.45) is 1.38. The fourth-order valence-electron chi connectivity index (χ4n) is 2.81. The summed E-state index contributed by atoms with van der Waals surface area (Å²) in [6, 6.07) is 7.04. The van der Waals surface area contributed by atoms with Crippen molar-refractivity contribution in [3.05, 3.63) is 34.9 Å². The van der Waals surface area contributed by atoms with E-state index in [1.165, 1.54) is 29.7 Å². The summed E-state index contributed by atoms with van der Waals surface area (Å²) in [7, 11) is 2.21. The van der Waals surface area contributed by atoms with Gasteiger partial charge in [0, 0.05) is 19.1 Å². The van der Waals surface area contributed by atoms with Gasteiger partial charge in [-0.3, -0.25) is 4.90 Å². The molecule has 18 heavy (non-hydrogen) atoms. The zero-order chi connectivity index (χ0) is 13.3. The number of hydrogen-bond acceptors (Lipinski definition) is 2. The molecule has 0 amide bonds. The normalized spacial score (nSPS) is 24.3. The van der Waals surface area contributed by atoms with E-state index in [-0.39, 0.29) is 0 Å². The smallest absolute Gasteiger partial charge is 0.0470 e. The summed E-state index contributed by atoms with van der Waals surface area (Å²) >= 11 is 0. The van der Waals surface area contributed by atoms with Gasteiger partial charge in [-0.15, -0.1) is 0 Å². The lowest BCUT2D eigenvalue weighted by atomic mass is 9.98. The first-order valence-electron chi connectivity index (χ1n) is 7.00. The third-order valence-corrected chi connectivity index (χ3v) is 4.35. The highest BCUT2D eigenvalue weighted by molar-refractivity contribution is 5.33. The molecule has 0 radical (unpaired) electrons. The van der Waals surface area contributed by atoms with Crippen molar-refractivity contribution >= 4 is 0 Å². The molecule has 2 N–H and O–H groups in total. The Hall–Kier alpha value is -0.860. The van der Waals surface area contributed by atoms with Crippen molar-refractivity contribution in [3.8, 4) is 0 Å². The molecule has 3 atom stereocenters. The Bertz CT molecular complexity index is 414. The average molecular weight is 246 g/mol. The molecule has 0 heterocycles. The van der Waals surface area contributed by atoms with Gasteiger partial charge in [0.1, 0.15) is 0 Å². The summed E-state index contributed by atoms with van der Waals surface area (Å²) in [5, 5.41) is 0. The van der Waals surface area contributed by atoms with Gasteiger partial charge in [-0.25, -0.2) is 0 Å². The summed E-state index contributed by atoms with van der Waals surface area (Å²) < 4.78 is 0. The van der Waals surface area contributed by atoms with Crippen LogP contribution in [0.4, 0.5) is 0 Å². The molecule has 2 rings (SSSR count). The van der Waals surface area contributed by atoms with Crippen LogP contribution < -0.4 is 5.73 Å². The quantitative estimate of drug-likeness (QED) is 0.865. The van der Waals surface area contributed by atoms with Gasteiger partial charge in [-0.2, -0.15) is 0 Å². The van der Waals surface area contributed by atoms with E-state index in [2.05, 4.69) is 50.9 Å². The second-order valence-electron chi connectivity index (χ2n) is 6.02. The van der Waals surface area contributed by atoms with Crippen molar-refractivity contribution in [1.29, 1.82) is 0 Å². The largest absolute Gasteiger partial charge is 0.329 e. The van der Waals surface area contributed by atoms with Gasteiger partial charge < -0.3 is 5.73 Å². The van der Waals surface area contributed by atoms with Crippen LogP contribution in [0.5, 0.6) is 0 Å². The standard InChI is InChI=1S/C16H26N2/c1-11-5-6-12(2)15(7-11)16(9-17)18(4)10-14-8-13(14)3/h5-7,13-14,16H,8-10,17H2,1-4H3. The third-order valence-electron chi connectivity index (χ3n) is 4.35. The van der Waals surface area contributed by atoms with Crippen LogP contribution in [0.1, 0.15) is 36.1 Å². The molecular weight excluding hydrogens is 220 g/mol. The molecule has 0 aliphatic heterocycles. The predicted octanol–water partition coefficient (Wildman–Crippen LogP) is 2.89. The number of likely N-dealkylation sites (N-methyl/N-ethyl adjacent to an activating group) is 1. The molecule has 1 fully saturated rings. The van der Waals surface area contributed by atoms with Crippen molar-refractivity contribution in [2.45, 2.75) is 33.2 Å². The highest BCUT2D eigenvalue weighted by Crippen LogP contribution is 2.39. The first-order valence-corrected chi connectivity index (χ1v) is 7.00. The molecule has 0 aromatic heterocycles. The van der Waals surface area contributed by atoms with Crippen molar-refractivity contribution in [2.24, 2.45) is 17.6 Å². The molecule has 2 heteroatoms. The number of nitrogens with two attached hydrogens (primary N) is 1. The first-order chi connectivity index (χ1) is 8.52. The van der Waals surface area contributed by atoms with Gasteiger partial charge in [0.2, 0.25) is 0 Å². The van der Waals surface area contributed by atoms with Crippen LogP contribution in [-0.4, -0.2) is 25.0 Å². The molecule has 0 saturated heterocycles. The van der Waals surface area contributed by atoms with E-state index < -0.39 is 0 Å². The van der Waals surface area contributed by atoms with Crippen LogP contribution >= 0.6 is 0 Å². The molecular formula is C16H26N2. The van der Waals surface area contributed by atoms with E-state index in [0.717, 1.165) is 11.8 Å². The third kappa shape index (κ3) is 2.93. The maximum absolute atomic E-state index is 6.01. The van der Waals surface area contributed by atoms with E-state index in [0.29, 0.717) is 12.6 Å². The number of benzene rings is 1. The Morgan fingerprint density at radius 1 is 1.39 bits per heavy atom. The van der Waals surface area contributed by atoms with Crippen LogP contribution in [0.25, 0.3) is 0 Å². The van der Waals surface area contributed by atoms with Crippen molar-refractivity contribution in [2.75, 3.05) is 20.1 Å². The van der Waals surface area contributed by atoms with Crippen molar-refractivity contribution in [3.63, 3.8) is 0 Å². The molecule has 2 nitrogen and oxygen atoms in total. The predicted molar refractivity (Wildman–Crippen MR) is 77.6 cm³/mol. The molecule has 1 aliphatic rings. The van der Waals surface area contributed by atoms with Crippen LogP contribution in [-0.2, 0) is 0 Å². The van der Waals surface area contributed by atoms with E-state index >= 15 is 0 Å². The van der Waals surface area contributed by atoms with Crippen LogP contribution in [0.3, 0.4) is 0 Å².